The van der Waals surface area contributed by atoms with Gasteiger partial charge in [-0.1, -0.05) is 11.6 Å². The quantitative estimate of drug-likeness (QED) is 0.614. The van der Waals surface area contributed by atoms with Crippen molar-refractivity contribution in [3.05, 3.63) is 17.2 Å². The fourth-order valence-electron chi connectivity index (χ4n) is 0.800. The fourth-order valence-corrected chi connectivity index (χ4v) is 1.09. The highest BCUT2D eigenvalue weighted by Crippen LogP contribution is 2.17. The van der Waals surface area contributed by atoms with Crippen molar-refractivity contribution in [3.8, 4) is 0 Å². The molecule has 2 nitrogen and oxygen atoms in total. The topological polar surface area (TPSA) is 17.8 Å². The monoisotopic (exact) mass is 158 g/mol. The van der Waals surface area contributed by atoms with Gasteiger partial charge in [0.05, 0.1) is 12.0 Å². The second-order valence-corrected chi connectivity index (χ2v) is 2.98. The Balaban J connectivity index is 3.05. The van der Waals surface area contributed by atoms with Crippen LogP contribution in [0.15, 0.2) is 6.33 Å². The lowest BCUT2D eigenvalue weighted by molar-refractivity contribution is 0.600. The molecule has 0 unspecified atom stereocenters. The van der Waals surface area contributed by atoms with E-state index in [2.05, 4.69) is 18.8 Å². The number of hydrogen-bond donors (Lipinski definition) is 0. The molecule has 1 aromatic rings. The molecule has 0 amide bonds. The number of nitrogens with zero attached hydrogens (tertiary/aromatic N) is 2. The van der Waals surface area contributed by atoms with Gasteiger partial charge in [0.1, 0.15) is 5.15 Å². The van der Waals surface area contributed by atoms with E-state index in [9.17, 15) is 0 Å². The van der Waals surface area contributed by atoms with Crippen LogP contribution in [0.1, 0.15) is 25.6 Å². The molecule has 1 heterocycles. The molecule has 1 rings (SSSR count). The van der Waals surface area contributed by atoms with E-state index < -0.39 is 0 Å². The largest absolute Gasteiger partial charge is 0.319 e. The summed E-state index contributed by atoms with van der Waals surface area (Å²) in [5.41, 5.74) is 0.898. The van der Waals surface area contributed by atoms with Gasteiger partial charge in [-0.3, -0.25) is 0 Å². The van der Waals surface area contributed by atoms with Gasteiger partial charge in [-0.05, 0) is 20.8 Å². The van der Waals surface area contributed by atoms with E-state index in [0.717, 1.165) is 10.8 Å². The average molecular weight is 159 g/mol. The van der Waals surface area contributed by atoms with Crippen LogP contribution in [-0.2, 0) is 0 Å². The van der Waals surface area contributed by atoms with Crippen molar-refractivity contribution in [1.82, 2.24) is 9.55 Å². The lowest BCUT2D eigenvalue weighted by atomic mass is 10.4. The van der Waals surface area contributed by atoms with E-state index >= 15 is 0 Å². The van der Waals surface area contributed by atoms with Crippen LogP contribution >= 0.6 is 11.6 Å². The van der Waals surface area contributed by atoms with Gasteiger partial charge < -0.3 is 4.57 Å². The third-order valence-corrected chi connectivity index (χ3v) is 1.93. The van der Waals surface area contributed by atoms with Crippen molar-refractivity contribution in [2.45, 2.75) is 26.8 Å². The predicted molar refractivity (Wildman–Crippen MR) is 42.4 cm³/mol. The third kappa shape index (κ3) is 1.16. The Morgan fingerprint density at radius 3 is 2.40 bits per heavy atom. The minimum absolute atomic E-state index is 0.397. The number of aryl methyl sites for hydroxylation is 1. The van der Waals surface area contributed by atoms with E-state index in [4.69, 9.17) is 11.6 Å². The third-order valence-electron chi connectivity index (χ3n) is 1.46. The first-order valence-corrected chi connectivity index (χ1v) is 3.69. The first-order chi connectivity index (χ1) is 4.63. The SMILES string of the molecule is Cc1ncn(C(C)C)c1Cl. The first-order valence-electron chi connectivity index (χ1n) is 3.32. The number of hydrogen-bond acceptors (Lipinski definition) is 1. The Bertz CT molecular complexity index is 228. The summed E-state index contributed by atoms with van der Waals surface area (Å²) < 4.78 is 1.94. The summed E-state index contributed by atoms with van der Waals surface area (Å²) in [6.45, 7) is 6.06. The van der Waals surface area contributed by atoms with Crippen molar-refractivity contribution >= 4 is 11.6 Å². The van der Waals surface area contributed by atoms with Crippen LogP contribution in [0.2, 0.25) is 5.15 Å². The van der Waals surface area contributed by atoms with Crippen LogP contribution in [0.5, 0.6) is 0 Å². The van der Waals surface area contributed by atoms with Crippen LogP contribution in [0.3, 0.4) is 0 Å². The maximum Gasteiger partial charge on any atom is 0.131 e. The van der Waals surface area contributed by atoms with Gasteiger partial charge in [-0.2, -0.15) is 0 Å². The van der Waals surface area contributed by atoms with E-state index in [1.165, 1.54) is 0 Å². The van der Waals surface area contributed by atoms with Crippen molar-refractivity contribution in [2.24, 2.45) is 0 Å². The minimum Gasteiger partial charge on any atom is -0.319 e. The molecule has 56 valence electrons. The summed E-state index contributed by atoms with van der Waals surface area (Å²) in [7, 11) is 0. The van der Waals surface area contributed by atoms with Crippen molar-refractivity contribution < 1.29 is 0 Å². The van der Waals surface area contributed by atoms with Gasteiger partial charge in [-0.25, -0.2) is 4.98 Å². The highest BCUT2D eigenvalue weighted by atomic mass is 35.5. The Hall–Kier alpha value is -0.500. The maximum atomic E-state index is 5.90. The predicted octanol–water partition coefficient (Wildman–Crippen LogP) is 2.43. The smallest absolute Gasteiger partial charge is 0.131 e. The molecule has 1 aromatic heterocycles. The molecule has 0 saturated carbocycles. The fraction of sp³-hybridized carbons (Fsp3) is 0.571. The van der Waals surface area contributed by atoms with Crippen molar-refractivity contribution in [1.29, 1.82) is 0 Å². The van der Waals surface area contributed by atoms with Crippen LogP contribution in [0.25, 0.3) is 0 Å². The van der Waals surface area contributed by atoms with Gasteiger partial charge in [-0.15, -0.1) is 0 Å². The van der Waals surface area contributed by atoms with Gasteiger partial charge in [0, 0.05) is 6.04 Å². The second kappa shape index (κ2) is 2.62. The van der Waals surface area contributed by atoms with E-state index in [0.29, 0.717) is 6.04 Å². The number of imidazole rings is 1. The zero-order valence-electron chi connectivity index (χ0n) is 6.43. The molecule has 3 heteroatoms. The average Bonchev–Trinajstić information content (AvgIpc) is 2.14. The number of halogens is 1. The van der Waals surface area contributed by atoms with Crippen LogP contribution < -0.4 is 0 Å². The summed E-state index contributed by atoms with van der Waals surface area (Å²) in [5, 5.41) is 0.745. The highest BCUT2D eigenvalue weighted by molar-refractivity contribution is 6.30. The number of rotatable bonds is 1. The van der Waals surface area contributed by atoms with Gasteiger partial charge in [0.25, 0.3) is 0 Å². The standard InChI is InChI=1S/C7H11ClN2/c1-5(2)10-4-9-6(3)7(10)8/h4-5H,1-3H3. The molecule has 0 atom stereocenters. The van der Waals surface area contributed by atoms with Gasteiger partial charge in [0.15, 0.2) is 0 Å². The molecule has 0 saturated heterocycles. The van der Waals surface area contributed by atoms with Crippen LogP contribution in [0.4, 0.5) is 0 Å². The Morgan fingerprint density at radius 2 is 2.20 bits per heavy atom. The molecule has 0 N–H and O–H groups in total. The summed E-state index contributed by atoms with van der Waals surface area (Å²) >= 11 is 5.90. The highest BCUT2D eigenvalue weighted by Gasteiger charge is 2.05. The minimum atomic E-state index is 0.397. The second-order valence-electron chi connectivity index (χ2n) is 2.62. The van der Waals surface area contributed by atoms with Gasteiger partial charge >= 0.3 is 0 Å². The maximum absolute atomic E-state index is 5.90. The molecule has 0 fully saturated rings. The van der Waals surface area contributed by atoms with E-state index in [1.807, 2.05) is 11.5 Å². The molecular weight excluding hydrogens is 148 g/mol. The molecule has 0 aliphatic heterocycles. The zero-order chi connectivity index (χ0) is 7.72. The summed E-state index contributed by atoms with van der Waals surface area (Å²) in [6, 6.07) is 0.397. The first kappa shape index (κ1) is 7.61. The molecule has 10 heavy (non-hydrogen) atoms. The van der Waals surface area contributed by atoms with E-state index in [1.54, 1.807) is 6.33 Å². The Morgan fingerprint density at radius 1 is 1.60 bits per heavy atom. The summed E-state index contributed by atoms with van der Waals surface area (Å²) in [6.07, 6.45) is 1.77. The zero-order valence-corrected chi connectivity index (χ0v) is 7.18. The Kier molecular flexibility index (Phi) is 2.00. The van der Waals surface area contributed by atoms with Crippen LogP contribution in [-0.4, -0.2) is 9.55 Å². The molecule has 0 radical (unpaired) electrons. The lowest BCUT2D eigenvalue weighted by Gasteiger charge is -2.06. The van der Waals surface area contributed by atoms with Crippen molar-refractivity contribution in [3.63, 3.8) is 0 Å². The molecule has 0 spiro atoms. The summed E-state index contributed by atoms with van der Waals surface area (Å²) in [5.74, 6) is 0. The van der Waals surface area contributed by atoms with Gasteiger partial charge in [0.2, 0.25) is 0 Å². The molecule has 0 aliphatic rings. The van der Waals surface area contributed by atoms with E-state index in [-0.39, 0.29) is 0 Å². The molecule has 0 aromatic carbocycles. The Labute approximate surface area is 65.8 Å². The van der Waals surface area contributed by atoms with Crippen LogP contribution in [0, 0.1) is 6.92 Å². The molecule has 0 aliphatic carbocycles. The summed E-state index contributed by atoms with van der Waals surface area (Å²) in [4.78, 5) is 4.07. The van der Waals surface area contributed by atoms with Crippen molar-refractivity contribution in [2.75, 3.05) is 0 Å². The molecular formula is C7H11ClN2. The normalized spacial score (nSPS) is 10.9. The number of aromatic nitrogens is 2. The molecule has 0 bridgehead atoms. The lowest BCUT2D eigenvalue weighted by Crippen LogP contribution is -1.97.